The quantitative estimate of drug-likeness (QED) is 0.231. The minimum atomic E-state index is -4.67. The number of rotatable bonds is 7. The highest BCUT2D eigenvalue weighted by Gasteiger charge is 2.35. The minimum Gasteiger partial charge on any atom is -0.481 e. The maximum atomic E-state index is 14.0. The summed E-state index contributed by atoms with van der Waals surface area (Å²) in [6.07, 6.45) is -1.52. The van der Waals surface area contributed by atoms with Crippen molar-refractivity contribution in [3.63, 3.8) is 0 Å². The van der Waals surface area contributed by atoms with Crippen LogP contribution in [0.25, 0.3) is 10.9 Å². The number of hydrogen-bond acceptors (Lipinski definition) is 7. The molecule has 5 rings (SSSR count). The molecule has 1 saturated heterocycles. The molecule has 0 saturated carbocycles. The Morgan fingerprint density at radius 3 is 2.27 bits per heavy atom. The van der Waals surface area contributed by atoms with Crippen LogP contribution >= 0.6 is 11.8 Å². The van der Waals surface area contributed by atoms with Gasteiger partial charge >= 0.3 is 6.18 Å². The first-order valence-electron chi connectivity index (χ1n) is 12.7. The third-order valence-electron chi connectivity index (χ3n) is 6.70. The lowest BCUT2D eigenvalue weighted by Crippen LogP contribution is -2.50. The monoisotopic (exact) mass is 581 g/mol. The molecule has 0 unspecified atom stereocenters. The second kappa shape index (κ2) is 12.0. The minimum absolute atomic E-state index is 0.0626. The number of pyridine rings is 2. The van der Waals surface area contributed by atoms with Crippen LogP contribution in [0.5, 0.6) is 5.88 Å². The number of piperazine rings is 1. The Labute approximate surface area is 238 Å². The predicted molar refractivity (Wildman–Crippen MR) is 150 cm³/mol. The number of ether oxygens (including phenoxy) is 1. The standard InChI is InChI=1S/C29H26F3N5O3S/c1-40-25-17-21(9-11-33-25)28(39)37-14-12-36(13-15-37)27(38)20-7-8-23(22(16-20)29(30,31)32)35-18-41-24-6-2-4-19-5-3-10-34-26(19)24/h2-11,16-17,35H,12-15,18H2,1H3. The number of amides is 2. The number of carbonyl (C=O) groups is 2. The number of fused-ring (bicyclic) bond motifs is 1. The van der Waals surface area contributed by atoms with Crippen LogP contribution in [0.1, 0.15) is 26.3 Å². The summed E-state index contributed by atoms with van der Waals surface area (Å²) in [7, 11) is 1.46. The average molecular weight is 582 g/mol. The number of carbonyl (C=O) groups excluding carboxylic acids is 2. The van der Waals surface area contributed by atoms with Crippen LogP contribution in [-0.4, -0.2) is 70.7 Å². The van der Waals surface area contributed by atoms with Crippen molar-refractivity contribution in [3.05, 3.63) is 89.7 Å². The Morgan fingerprint density at radius 2 is 1.59 bits per heavy atom. The highest BCUT2D eigenvalue weighted by molar-refractivity contribution is 7.99. The highest BCUT2D eigenvalue weighted by atomic mass is 32.2. The maximum absolute atomic E-state index is 14.0. The number of para-hydroxylation sites is 1. The SMILES string of the molecule is COc1cc(C(=O)N2CCN(C(=O)c3ccc(NCSc4cccc5cccnc45)c(C(F)(F)F)c3)CC2)ccn1. The zero-order valence-electron chi connectivity index (χ0n) is 22.0. The van der Waals surface area contributed by atoms with Crippen molar-refractivity contribution in [1.29, 1.82) is 0 Å². The molecule has 2 aromatic carbocycles. The van der Waals surface area contributed by atoms with Crippen LogP contribution in [-0.2, 0) is 6.18 Å². The van der Waals surface area contributed by atoms with Gasteiger partial charge in [0.05, 0.1) is 24.1 Å². The van der Waals surface area contributed by atoms with Gasteiger partial charge in [-0.3, -0.25) is 14.6 Å². The van der Waals surface area contributed by atoms with E-state index < -0.39 is 17.6 Å². The van der Waals surface area contributed by atoms with Gasteiger partial charge in [-0.25, -0.2) is 4.98 Å². The van der Waals surface area contributed by atoms with E-state index in [1.54, 1.807) is 17.2 Å². The normalized spacial score (nSPS) is 13.8. The van der Waals surface area contributed by atoms with E-state index in [0.29, 0.717) is 11.4 Å². The third-order valence-corrected chi connectivity index (χ3v) is 7.63. The van der Waals surface area contributed by atoms with E-state index in [1.165, 1.54) is 48.2 Å². The van der Waals surface area contributed by atoms with Crippen molar-refractivity contribution >= 4 is 40.2 Å². The number of methoxy groups -OCH3 is 1. The lowest BCUT2D eigenvalue weighted by Gasteiger charge is -2.35. The Kier molecular flexibility index (Phi) is 8.29. The number of anilines is 1. The number of hydrogen-bond donors (Lipinski definition) is 1. The molecule has 0 aliphatic carbocycles. The number of aromatic nitrogens is 2. The molecule has 1 aliphatic rings. The van der Waals surface area contributed by atoms with Crippen molar-refractivity contribution < 1.29 is 27.5 Å². The average Bonchev–Trinajstić information content (AvgIpc) is 3.00. The molecule has 0 radical (unpaired) electrons. The summed E-state index contributed by atoms with van der Waals surface area (Å²) >= 11 is 1.34. The summed E-state index contributed by atoms with van der Waals surface area (Å²) in [5, 5.41) is 3.80. The first-order valence-corrected chi connectivity index (χ1v) is 13.7. The number of thioether (sulfide) groups is 1. The summed E-state index contributed by atoms with van der Waals surface area (Å²) < 4.78 is 47.1. The van der Waals surface area contributed by atoms with Gasteiger partial charge < -0.3 is 19.9 Å². The van der Waals surface area contributed by atoms with Crippen LogP contribution in [0.4, 0.5) is 18.9 Å². The van der Waals surface area contributed by atoms with E-state index in [4.69, 9.17) is 4.74 Å². The van der Waals surface area contributed by atoms with Crippen molar-refractivity contribution in [3.8, 4) is 5.88 Å². The number of nitrogens with one attached hydrogen (secondary N) is 1. The fraction of sp³-hybridized carbons (Fsp3) is 0.241. The van der Waals surface area contributed by atoms with Crippen LogP contribution in [0.2, 0.25) is 0 Å². The van der Waals surface area contributed by atoms with Crippen molar-refractivity contribution in [2.45, 2.75) is 11.1 Å². The molecule has 0 bridgehead atoms. The largest absolute Gasteiger partial charge is 0.481 e. The number of halogens is 3. The first kappa shape index (κ1) is 28.2. The maximum Gasteiger partial charge on any atom is 0.418 e. The molecule has 3 heterocycles. The lowest BCUT2D eigenvalue weighted by molar-refractivity contribution is -0.137. The highest BCUT2D eigenvalue weighted by Crippen LogP contribution is 2.36. The van der Waals surface area contributed by atoms with E-state index in [2.05, 4.69) is 15.3 Å². The Hall–Kier alpha value is -4.32. The first-order chi connectivity index (χ1) is 19.7. The van der Waals surface area contributed by atoms with Gasteiger partial charge in [-0.1, -0.05) is 18.2 Å². The van der Waals surface area contributed by atoms with Crippen LogP contribution in [0.15, 0.2) is 78.0 Å². The molecular formula is C29H26F3N5O3S. The number of nitrogens with zero attached hydrogens (tertiary/aromatic N) is 4. The van der Waals surface area contributed by atoms with Crippen molar-refractivity contribution in [2.75, 3.05) is 44.5 Å². The van der Waals surface area contributed by atoms with Gasteiger partial charge in [-0.15, -0.1) is 11.8 Å². The van der Waals surface area contributed by atoms with Crippen LogP contribution < -0.4 is 10.1 Å². The second-order valence-corrected chi connectivity index (χ2v) is 10.2. The van der Waals surface area contributed by atoms with E-state index >= 15 is 0 Å². The van der Waals surface area contributed by atoms with Gasteiger partial charge in [0.15, 0.2) is 0 Å². The zero-order valence-corrected chi connectivity index (χ0v) is 22.8. The van der Waals surface area contributed by atoms with Gasteiger partial charge in [-0.05, 0) is 36.4 Å². The van der Waals surface area contributed by atoms with Gasteiger partial charge in [0.25, 0.3) is 11.8 Å². The molecule has 8 nitrogen and oxygen atoms in total. The Balaban J connectivity index is 1.24. The lowest BCUT2D eigenvalue weighted by atomic mass is 10.1. The van der Waals surface area contributed by atoms with Gasteiger partial charge in [0.2, 0.25) is 5.88 Å². The predicted octanol–water partition coefficient (Wildman–Crippen LogP) is 5.42. The van der Waals surface area contributed by atoms with Crippen LogP contribution in [0, 0.1) is 0 Å². The second-order valence-electron chi connectivity index (χ2n) is 9.23. The molecule has 2 amide bonds. The molecule has 1 aliphatic heterocycles. The van der Waals surface area contributed by atoms with E-state index in [1.807, 2.05) is 30.3 Å². The van der Waals surface area contributed by atoms with E-state index in [-0.39, 0.29) is 49.2 Å². The fourth-order valence-electron chi connectivity index (χ4n) is 4.58. The molecule has 1 N–H and O–H groups in total. The molecule has 212 valence electrons. The number of alkyl halides is 3. The van der Waals surface area contributed by atoms with E-state index in [9.17, 15) is 22.8 Å². The summed E-state index contributed by atoms with van der Waals surface area (Å²) in [5.41, 5.74) is 0.0938. The van der Waals surface area contributed by atoms with Gasteiger partial charge in [0, 0.05) is 71.7 Å². The molecule has 2 aromatic heterocycles. The third kappa shape index (κ3) is 6.37. The summed E-state index contributed by atoms with van der Waals surface area (Å²) in [4.78, 5) is 38.3. The summed E-state index contributed by atoms with van der Waals surface area (Å²) in [6.45, 7) is 0.899. The molecule has 0 atom stereocenters. The van der Waals surface area contributed by atoms with E-state index in [0.717, 1.165) is 21.9 Å². The molecule has 12 heteroatoms. The smallest absolute Gasteiger partial charge is 0.418 e. The van der Waals surface area contributed by atoms with Gasteiger partial charge in [-0.2, -0.15) is 13.2 Å². The van der Waals surface area contributed by atoms with Crippen LogP contribution in [0.3, 0.4) is 0 Å². The zero-order chi connectivity index (χ0) is 29.0. The molecular weight excluding hydrogens is 555 g/mol. The Bertz CT molecular complexity index is 1570. The molecule has 41 heavy (non-hydrogen) atoms. The molecule has 0 spiro atoms. The topological polar surface area (TPSA) is 87.7 Å². The van der Waals surface area contributed by atoms with Crippen molar-refractivity contribution in [2.24, 2.45) is 0 Å². The molecule has 1 fully saturated rings. The Morgan fingerprint density at radius 1 is 0.902 bits per heavy atom. The summed E-state index contributed by atoms with van der Waals surface area (Å²) in [5.74, 6) is -0.265. The fourth-order valence-corrected chi connectivity index (χ4v) is 5.45. The number of benzene rings is 2. The van der Waals surface area contributed by atoms with Crippen molar-refractivity contribution in [1.82, 2.24) is 19.8 Å². The summed E-state index contributed by atoms with van der Waals surface area (Å²) in [6, 6.07) is 16.1. The van der Waals surface area contributed by atoms with Gasteiger partial charge in [0.1, 0.15) is 0 Å². The molecule has 4 aromatic rings.